The number of nitriles is 1. The first-order valence-electron chi connectivity index (χ1n) is 11.7. The summed E-state index contributed by atoms with van der Waals surface area (Å²) in [6, 6.07) is 23.2. The minimum Gasteiger partial charge on any atom is -0.490 e. The van der Waals surface area contributed by atoms with Gasteiger partial charge in [-0.25, -0.2) is 0 Å². The number of benzene rings is 3. The first kappa shape index (κ1) is 27.0. The third-order valence-corrected chi connectivity index (χ3v) is 6.16. The van der Waals surface area contributed by atoms with E-state index >= 15 is 0 Å². The van der Waals surface area contributed by atoms with Gasteiger partial charge in [-0.15, -0.1) is 6.58 Å². The maximum absolute atomic E-state index is 12.9. The Labute approximate surface area is 226 Å². The molecule has 5 nitrogen and oxygen atoms in total. The standard InChI is InChI=1S/C30H29IN2O3/c1-4-9-25-16-23(17-26(19-32)30(34)33-21(3)24-10-7-6-8-11-24)18-28(35-5-2)29(25)36-20-22-12-14-27(31)15-13-22/h4,6-8,10-18,21H,1,5,9,20H2,2-3H3,(H,33,34)/b26-17-/t21-/m1/s1. The third-order valence-electron chi connectivity index (χ3n) is 5.44. The van der Waals surface area contributed by atoms with Crippen molar-refractivity contribution >= 4 is 34.6 Å². The Hall–Kier alpha value is -3.57. The molecule has 0 radical (unpaired) electrons. The molecule has 1 amide bonds. The maximum atomic E-state index is 12.9. The highest BCUT2D eigenvalue weighted by molar-refractivity contribution is 14.1. The second kappa shape index (κ2) is 13.5. The molecule has 1 N–H and O–H groups in total. The van der Waals surface area contributed by atoms with Gasteiger partial charge in [-0.3, -0.25) is 4.79 Å². The molecule has 0 aliphatic heterocycles. The van der Waals surface area contributed by atoms with Crippen LogP contribution in [0.5, 0.6) is 11.5 Å². The molecule has 3 aromatic rings. The molecule has 0 spiro atoms. The molecule has 0 aromatic heterocycles. The number of nitrogens with zero attached hydrogens (tertiary/aromatic N) is 1. The molecule has 0 heterocycles. The van der Waals surface area contributed by atoms with Gasteiger partial charge in [0.25, 0.3) is 5.91 Å². The van der Waals surface area contributed by atoms with Gasteiger partial charge in [-0.2, -0.15) is 5.26 Å². The summed E-state index contributed by atoms with van der Waals surface area (Å²) in [7, 11) is 0. The van der Waals surface area contributed by atoms with Crippen molar-refractivity contribution in [3.05, 3.63) is 111 Å². The fourth-order valence-corrected chi connectivity index (χ4v) is 4.01. The molecule has 3 aromatic carbocycles. The Balaban J connectivity index is 1.89. The normalized spacial score (nSPS) is 11.8. The Morgan fingerprint density at radius 1 is 1.14 bits per heavy atom. The molecule has 3 rings (SSSR count). The number of nitrogens with one attached hydrogen (secondary N) is 1. The lowest BCUT2D eigenvalue weighted by Crippen LogP contribution is -2.27. The molecule has 0 fully saturated rings. The fraction of sp³-hybridized carbons (Fsp3) is 0.200. The lowest BCUT2D eigenvalue weighted by molar-refractivity contribution is -0.117. The van der Waals surface area contributed by atoms with E-state index in [1.54, 1.807) is 18.2 Å². The number of hydrogen-bond acceptors (Lipinski definition) is 4. The van der Waals surface area contributed by atoms with Gasteiger partial charge < -0.3 is 14.8 Å². The summed E-state index contributed by atoms with van der Waals surface area (Å²) < 4.78 is 13.2. The van der Waals surface area contributed by atoms with E-state index in [2.05, 4.69) is 34.5 Å². The van der Waals surface area contributed by atoms with E-state index in [4.69, 9.17) is 9.47 Å². The maximum Gasteiger partial charge on any atom is 0.262 e. The SMILES string of the molecule is C=CCc1cc(/C=C(/C#N)C(=O)N[C@H](C)c2ccccc2)cc(OCC)c1OCc1ccc(I)cc1. The first-order chi connectivity index (χ1) is 17.4. The Bertz CT molecular complexity index is 1260. The van der Waals surface area contributed by atoms with Gasteiger partial charge in [0.15, 0.2) is 11.5 Å². The molecule has 0 unspecified atom stereocenters. The molecule has 0 saturated carbocycles. The van der Waals surface area contributed by atoms with E-state index in [1.165, 1.54) is 0 Å². The van der Waals surface area contributed by atoms with Crippen LogP contribution in [-0.4, -0.2) is 12.5 Å². The van der Waals surface area contributed by atoms with Gasteiger partial charge in [0.2, 0.25) is 0 Å². The van der Waals surface area contributed by atoms with Crippen molar-refractivity contribution in [1.82, 2.24) is 5.32 Å². The first-order valence-corrected chi connectivity index (χ1v) is 12.8. The van der Waals surface area contributed by atoms with Crippen LogP contribution in [0.25, 0.3) is 6.08 Å². The summed E-state index contributed by atoms with van der Waals surface area (Å²) in [5, 5.41) is 12.6. The topological polar surface area (TPSA) is 71.4 Å². The molecular weight excluding hydrogens is 563 g/mol. The van der Waals surface area contributed by atoms with Crippen LogP contribution in [0.2, 0.25) is 0 Å². The van der Waals surface area contributed by atoms with E-state index < -0.39 is 5.91 Å². The van der Waals surface area contributed by atoms with E-state index in [9.17, 15) is 10.1 Å². The van der Waals surface area contributed by atoms with Crippen molar-refractivity contribution in [1.29, 1.82) is 5.26 Å². The molecule has 1 atom stereocenters. The van der Waals surface area contributed by atoms with Gasteiger partial charge in [-0.1, -0.05) is 48.5 Å². The predicted octanol–water partition coefficient (Wildman–Crippen LogP) is 6.78. The summed E-state index contributed by atoms with van der Waals surface area (Å²) in [4.78, 5) is 12.9. The number of halogens is 1. The van der Waals surface area contributed by atoms with E-state index in [-0.39, 0.29) is 11.6 Å². The number of carbonyl (C=O) groups is 1. The van der Waals surface area contributed by atoms with E-state index in [0.717, 1.165) is 20.3 Å². The fourth-order valence-electron chi connectivity index (χ4n) is 3.65. The Morgan fingerprint density at radius 2 is 1.86 bits per heavy atom. The van der Waals surface area contributed by atoms with Crippen molar-refractivity contribution < 1.29 is 14.3 Å². The molecule has 36 heavy (non-hydrogen) atoms. The molecule has 6 heteroatoms. The number of carbonyl (C=O) groups excluding carboxylic acids is 1. The van der Waals surface area contributed by atoms with E-state index in [1.807, 2.05) is 80.6 Å². The predicted molar refractivity (Wildman–Crippen MR) is 152 cm³/mol. The summed E-state index contributed by atoms with van der Waals surface area (Å²) in [6.07, 6.45) is 3.91. The zero-order valence-electron chi connectivity index (χ0n) is 20.5. The van der Waals surface area contributed by atoms with Crippen LogP contribution in [0.4, 0.5) is 0 Å². The average Bonchev–Trinajstić information content (AvgIpc) is 2.88. The molecule has 0 aliphatic rings. The van der Waals surface area contributed by atoms with Gasteiger partial charge >= 0.3 is 0 Å². The second-order valence-electron chi connectivity index (χ2n) is 8.12. The summed E-state index contributed by atoms with van der Waals surface area (Å²) in [5.74, 6) is 0.758. The van der Waals surface area contributed by atoms with Crippen molar-refractivity contribution in [3.63, 3.8) is 0 Å². The number of hydrogen-bond donors (Lipinski definition) is 1. The van der Waals surface area contributed by atoms with Gasteiger partial charge in [0, 0.05) is 9.13 Å². The van der Waals surface area contributed by atoms with E-state index in [0.29, 0.717) is 36.7 Å². The lowest BCUT2D eigenvalue weighted by Gasteiger charge is -2.17. The highest BCUT2D eigenvalue weighted by Crippen LogP contribution is 2.35. The summed E-state index contributed by atoms with van der Waals surface area (Å²) in [6.45, 7) is 8.49. The average molecular weight is 592 g/mol. The zero-order chi connectivity index (χ0) is 25.9. The van der Waals surface area contributed by atoms with Crippen LogP contribution in [0.3, 0.4) is 0 Å². The van der Waals surface area contributed by atoms with Gasteiger partial charge in [-0.05, 0) is 89.9 Å². The van der Waals surface area contributed by atoms with Crippen LogP contribution >= 0.6 is 22.6 Å². The summed E-state index contributed by atoms with van der Waals surface area (Å²) in [5.41, 5.74) is 3.56. The van der Waals surface area contributed by atoms with Crippen LogP contribution in [0.1, 0.15) is 42.1 Å². The third kappa shape index (κ3) is 7.46. The van der Waals surface area contributed by atoms with Gasteiger partial charge in [0.05, 0.1) is 12.6 Å². The number of ether oxygens (including phenoxy) is 2. The highest BCUT2D eigenvalue weighted by Gasteiger charge is 2.17. The van der Waals surface area contributed by atoms with Crippen LogP contribution < -0.4 is 14.8 Å². The second-order valence-corrected chi connectivity index (χ2v) is 9.37. The molecule has 0 bridgehead atoms. The Morgan fingerprint density at radius 3 is 2.50 bits per heavy atom. The smallest absolute Gasteiger partial charge is 0.262 e. The zero-order valence-corrected chi connectivity index (χ0v) is 22.6. The minimum absolute atomic E-state index is 0.0114. The molecular formula is C30H29IN2O3. The number of amides is 1. The number of rotatable bonds is 11. The Kier molecular flexibility index (Phi) is 10.1. The lowest BCUT2D eigenvalue weighted by atomic mass is 10.0. The minimum atomic E-state index is -0.434. The number of allylic oxidation sites excluding steroid dienone is 1. The van der Waals surface area contributed by atoms with Crippen LogP contribution in [-0.2, 0) is 17.8 Å². The van der Waals surface area contributed by atoms with Crippen LogP contribution in [0, 0.1) is 14.9 Å². The van der Waals surface area contributed by atoms with Crippen molar-refractivity contribution in [2.75, 3.05) is 6.61 Å². The van der Waals surface area contributed by atoms with Gasteiger partial charge in [0.1, 0.15) is 18.2 Å². The molecule has 184 valence electrons. The quantitative estimate of drug-likeness (QED) is 0.115. The largest absolute Gasteiger partial charge is 0.490 e. The monoisotopic (exact) mass is 592 g/mol. The van der Waals surface area contributed by atoms with Crippen molar-refractivity contribution in [2.45, 2.75) is 32.9 Å². The van der Waals surface area contributed by atoms with Crippen LogP contribution in [0.15, 0.2) is 85.0 Å². The van der Waals surface area contributed by atoms with Crippen molar-refractivity contribution in [2.24, 2.45) is 0 Å². The summed E-state index contributed by atoms with van der Waals surface area (Å²) >= 11 is 2.27. The highest BCUT2D eigenvalue weighted by atomic mass is 127. The molecule has 0 aliphatic carbocycles. The van der Waals surface area contributed by atoms with Crippen molar-refractivity contribution in [3.8, 4) is 17.6 Å². The molecule has 0 saturated heterocycles.